The van der Waals surface area contributed by atoms with E-state index in [0.717, 1.165) is 0 Å². The van der Waals surface area contributed by atoms with E-state index in [1.54, 1.807) is 13.8 Å². The van der Waals surface area contributed by atoms with Crippen molar-refractivity contribution in [2.24, 2.45) is 11.8 Å². The first kappa shape index (κ1) is 12.3. The van der Waals surface area contributed by atoms with Crippen LogP contribution >= 0.6 is 0 Å². The quantitative estimate of drug-likeness (QED) is 0.433. The Kier molecular flexibility index (Phi) is 4.10. The van der Waals surface area contributed by atoms with Crippen molar-refractivity contribution >= 4 is 11.8 Å². The number of nitrogens with zero attached hydrogens (tertiary/aromatic N) is 2. The molecule has 5 nitrogen and oxygen atoms in total. The summed E-state index contributed by atoms with van der Waals surface area (Å²) in [4.78, 5) is 31.1. The second-order valence-electron chi connectivity index (χ2n) is 3.70. The third-order valence-corrected chi connectivity index (χ3v) is 2.22. The Morgan fingerprint density at radius 1 is 1.31 bits per heavy atom. The molecule has 0 N–H and O–H groups in total. The first-order valence-corrected chi connectivity index (χ1v) is 4.96. The van der Waals surface area contributed by atoms with Gasteiger partial charge in [0.2, 0.25) is 0 Å². The summed E-state index contributed by atoms with van der Waals surface area (Å²) < 4.78 is 4.61. The third-order valence-electron chi connectivity index (χ3n) is 2.22. The summed E-state index contributed by atoms with van der Waals surface area (Å²) in [5, 5.41) is 0. The van der Waals surface area contributed by atoms with Crippen LogP contribution in [-0.2, 0) is 9.53 Å². The lowest BCUT2D eigenvalue weighted by Gasteiger charge is -2.16. The lowest BCUT2D eigenvalue weighted by atomic mass is 9.90. The van der Waals surface area contributed by atoms with E-state index in [4.69, 9.17) is 0 Å². The van der Waals surface area contributed by atoms with Crippen LogP contribution in [0.1, 0.15) is 24.3 Å². The topological polar surface area (TPSA) is 69.2 Å². The monoisotopic (exact) mass is 222 g/mol. The highest BCUT2D eigenvalue weighted by Crippen LogP contribution is 2.17. The van der Waals surface area contributed by atoms with Crippen molar-refractivity contribution < 1.29 is 14.3 Å². The SMILES string of the molecule is COC(=O)C(C(=O)c1cnccn1)C(C)C. The minimum absolute atomic E-state index is 0.137. The van der Waals surface area contributed by atoms with Crippen LogP contribution in [0.25, 0.3) is 0 Å². The van der Waals surface area contributed by atoms with E-state index in [1.807, 2.05) is 0 Å². The molecule has 0 aliphatic carbocycles. The van der Waals surface area contributed by atoms with Crippen molar-refractivity contribution in [2.45, 2.75) is 13.8 Å². The lowest BCUT2D eigenvalue weighted by Crippen LogP contribution is -2.30. The molecule has 0 spiro atoms. The molecule has 0 saturated carbocycles. The first-order chi connectivity index (χ1) is 7.57. The number of methoxy groups -OCH3 is 1. The van der Waals surface area contributed by atoms with Gasteiger partial charge in [-0.15, -0.1) is 0 Å². The number of esters is 1. The van der Waals surface area contributed by atoms with Crippen LogP contribution in [0, 0.1) is 11.8 Å². The highest BCUT2D eigenvalue weighted by atomic mass is 16.5. The number of Topliss-reactive ketones (excluding diaryl/α,β-unsaturated/α-hetero) is 1. The Hall–Kier alpha value is -1.78. The first-order valence-electron chi connectivity index (χ1n) is 4.96. The molecule has 0 radical (unpaired) electrons. The molecular weight excluding hydrogens is 208 g/mol. The van der Waals surface area contributed by atoms with Crippen LogP contribution in [-0.4, -0.2) is 28.8 Å². The van der Waals surface area contributed by atoms with E-state index in [1.165, 1.54) is 25.7 Å². The minimum Gasteiger partial charge on any atom is -0.468 e. The predicted octanol–water partition coefficient (Wildman–Crippen LogP) is 1.10. The molecule has 16 heavy (non-hydrogen) atoms. The van der Waals surface area contributed by atoms with Crippen LogP contribution in [0.5, 0.6) is 0 Å². The molecule has 0 aliphatic heterocycles. The highest BCUT2D eigenvalue weighted by Gasteiger charge is 2.32. The fraction of sp³-hybridized carbons (Fsp3) is 0.455. The van der Waals surface area contributed by atoms with Crippen molar-refractivity contribution in [2.75, 3.05) is 7.11 Å². The molecule has 0 bridgehead atoms. The zero-order valence-electron chi connectivity index (χ0n) is 9.51. The smallest absolute Gasteiger partial charge is 0.316 e. The van der Waals surface area contributed by atoms with E-state index < -0.39 is 11.9 Å². The van der Waals surface area contributed by atoms with Crippen LogP contribution < -0.4 is 0 Å². The number of rotatable bonds is 4. The van der Waals surface area contributed by atoms with Gasteiger partial charge in [0.15, 0.2) is 5.78 Å². The van der Waals surface area contributed by atoms with E-state index >= 15 is 0 Å². The van der Waals surface area contributed by atoms with Crippen molar-refractivity contribution in [1.82, 2.24) is 9.97 Å². The standard InChI is InChI=1S/C11H14N2O3/c1-7(2)9(11(15)16-3)10(14)8-6-12-4-5-13-8/h4-7,9H,1-3H3. The van der Waals surface area contributed by atoms with Gasteiger partial charge in [-0.2, -0.15) is 0 Å². The summed E-state index contributed by atoms with van der Waals surface area (Å²) in [5.41, 5.74) is 0.187. The fourth-order valence-corrected chi connectivity index (χ4v) is 1.39. The van der Waals surface area contributed by atoms with Gasteiger partial charge in [0.05, 0.1) is 13.3 Å². The molecule has 5 heteroatoms. The molecule has 0 aromatic carbocycles. The maximum atomic E-state index is 12.0. The van der Waals surface area contributed by atoms with Crippen LogP contribution in [0.4, 0.5) is 0 Å². The molecule has 1 atom stereocenters. The maximum absolute atomic E-state index is 12.0. The van der Waals surface area contributed by atoms with E-state index in [0.29, 0.717) is 0 Å². The van der Waals surface area contributed by atoms with Gasteiger partial charge in [-0.25, -0.2) is 4.98 Å². The summed E-state index contributed by atoms with van der Waals surface area (Å²) in [6.07, 6.45) is 4.24. The summed E-state index contributed by atoms with van der Waals surface area (Å²) in [7, 11) is 1.27. The van der Waals surface area contributed by atoms with Gasteiger partial charge in [0.1, 0.15) is 11.6 Å². The van der Waals surface area contributed by atoms with Gasteiger partial charge in [-0.3, -0.25) is 14.6 Å². The Morgan fingerprint density at radius 3 is 2.44 bits per heavy atom. The third kappa shape index (κ3) is 2.62. The normalized spacial score (nSPS) is 12.2. The van der Waals surface area contributed by atoms with Crippen molar-refractivity contribution in [3.63, 3.8) is 0 Å². The molecule has 0 fully saturated rings. The van der Waals surface area contributed by atoms with Gasteiger partial charge in [-0.1, -0.05) is 13.8 Å². The maximum Gasteiger partial charge on any atom is 0.316 e. The molecule has 1 aromatic heterocycles. The number of carbonyl (C=O) groups is 2. The fourth-order valence-electron chi connectivity index (χ4n) is 1.39. The Labute approximate surface area is 93.9 Å². The zero-order chi connectivity index (χ0) is 12.1. The van der Waals surface area contributed by atoms with E-state index in [-0.39, 0.29) is 17.4 Å². The number of carbonyl (C=O) groups excluding carboxylic acids is 2. The molecule has 0 saturated heterocycles. The lowest BCUT2D eigenvalue weighted by molar-refractivity contribution is -0.144. The summed E-state index contributed by atoms with van der Waals surface area (Å²) >= 11 is 0. The van der Waals surface area contributed by atoms with Gasteiger partial charge in [-0.05, 0) is 5.92 Å². The van der Waals surface area contributed by atoms with Crippen molar-refractivity contribution in [3.05, 3.63) is 24.3 Å². The van der Waals surface area contributed by atoms with E-state index in [9.17, 15) is 9.59 Å². The Morgan fingerprint density at radius 2 is 2.00 bits per heavy atom. The highest BCUT2D eigenvalue weighted by molar-refractivity contribution is 6.07. The molecule has 0 aliphatic rings. The van der Waals surface area contributed by atoms with Gasteiger partial charge < -0.3 is 4.74 Å². The zero-order valence-corrected chi connectivity index (χ0v) is 9.51. The molecule has 1 rings (SSSR count). The molecule has 1 unspecified atom stereocenters. The number of aromatic nitrogens is 2. The van der Waals surface area contributed by atoms with Crippen molar-refractivity contribution in [1.29, 1.82) is 0 Å². The Bertz CT molecular complexity index is 376. The van der Waals surface area contributed by atoms with Crippen molar-refractivity contribution in [3.8, 4) is 0 Å². The number of hydrogen-bond acceptors (Lipinski definition) is 5. The summed E-state index contributed by atoms with van der Waals surface area (Å²) in [6, 6.07) is 0. The van der Waals surface area contributed by atoms with Gasteiger partial charge in [0.25, 0.3) is 0 Å². The molecule has 86 valence electrons. The second-order valence-corrected chi connectivity index (χ2v) is 3.70. The average Bonchev–Trinajstić information content (AvgIpc) is 2.29. The molecular formula is C11H14N2O3. The second kappa shape index (κ2) is 5.34. The predicted molar refractivity (Wildman–Crippen MR) is 56.7 cm³/mol. The Balaban J connectivity index is 2.97. The molecule has 1 aromatic rings. The molecule has 0 amide bonds. The van der Waals surface area contributed by atoms with Gasteiger partial charge >= 0.3 is 5.97 Å². The van der Waals surface area contributed by atoms with Gasteiger partial charge in [0, 0.05) is 12.4 Å². The number of hydrogen-bond donors (Lipinski definition) is 0. The largest absolute Gasteiger partial charge is 0.468 e. The number of ether oxygens (including phenoxy) is 1. The average molecular weight is 222 g/mol. The van der Waals surface area contributed by atoms with E-state index in [2.05, 4.69) is 14.7 Å². The minimum atomic E-state index is -0.818. The number of ketones is 1. The van der Waals surface area contributed by atoms with Crippen LogP contribution in [0.2, 0.25) is 0 Å². The summed E-state index contributed by atoms with van der Waals surface area (Å²) in [5.74, 6) is -1.84. The molecule has 1 heterocycles. The summed E-state index contributed by atoms with van der Waals surface area (Å²) in [6.45, 7) is 3.58. The van der Waals surface area contributed by atoms with Crippen LogP contribution in [0.15, 0.2) is 18.6 Å². The van der Waals surface area contributed by atoms with Crippen LogP contribution in [0.3, 0.4) is 0 Å².